The van der Waals surface area contributed by atoms with Crippen molar-refractivity contribution in [1.82, 2.24) is 15.5 Å². The van der Waals surface area contributed by atoms with Crippen LogP contribution in [0.1, 0.15) is 63.0 Å². The largest absolute Gasteiger partial charge is 0.441 e. The van der Waals surface area contributed by atoms with E-state index in [1.807, 2.05) is 42.5 Å². The van der Waals surface area contributed by atoms with E-state index in [4.69, 9.17) is 10.00 Å². The van der Waals surface area contributed by atoms with Crippen molar-refractivity contribution in [3.63, 3.8) is 0 Å². The first-order chi connectivity index (χ1) is 17.8. The number of nitrogens with one attached hydrogen (secondary N) is 2. The number of hydrogen-bond acceptors (Lipinski definition) is 6. The van der Waals surface area contributed by atoms with Crippen LogP contribution in [-0.4, -0.2) is 54.7 Å². The van der Waals surface area contributed by atoms with Crippen molar-refractivity contribution in [2.24, 2.45) is 10.8 Å². The van der Waals surface area contributed by atoms with Gasteiger partial charge in [0.2, 0.25) is 11.8 Å². The van der Waals surface area contributed by atoms with Gasteiger partial charge in [-0.3, -0.25) is 9.59 Å². The van der Waals surface area contributed by atoms with Gasteiger partial charge >= 0.3 is 6.09 Å². The molecule has 9 nitrogen and oxygen atoms in total. The molecule has 2 N–H and O–H groups in total. The number of halogens is 1. The minimum absolute atomic E-state index is 0.00223. The average Bonchev–Trinajstić information content (AvgIpc) is 3.32. The first-order valence-electron chi connectivity index (χ1n) is 12.8. The smallest absolute Gasteiger partial charge is 0.408 e. The lowest BCUT2D eigenvalue weighted by molar-refractivity contribution is -0.147. The summed E-state index contributed by atoms with van der Waals surface area (Å²) in [4.78, 5) is 39.4. The lowest BCUT2D eigenvalue weighted by Gasteiger charge is -2.54. The molecule has 3 amide bonds. The topological polar surface area (TPSA) is 135 Å². The summed E-state index contributed by atoms with van der Waals surface area (Å²) in [5, 5.41) is 23.3. The number of amides is 3. The molecule has 0 radical (unpaired) electrons. The van der Waals surface area contributed by atoms with E-state index in [2.05, 4.69) is 10.6 Å². The SMILES string of the molecule is N#CCCNC(=O)C12CCC(C(OC(=O)NCC(=O)N3C[C@@H](F)C[C@H]3C#N)c3ccccc3)(CC1)CC2. The highest BCUT2D eigenvalue weighted by atomic mass is 19.1. The fourth-order valence-electron chi connectivity index (χ4n) is 6.12. The predicted molar refractivity (Wildman–Crippen MR) is 130 cm³/mol. The van der Waals surface area contributed by atoms with E-state index < -0.39 is 35.7 Å². The van der Waals surface area contributed by atoms with Crippen LogP contribution in [0.25, 0.3) is 0 Å². The molecule has 196 valence electrons. The van der Waals surface area contributed by atoms with E-state index in [9.17, 15) is 24.0 Å². The molecule has 0 spiro atoms. The molecule has 10 heteroatoms. The summed E-state index contributed by atoms with van der Waals surface area (Å²) < 4.78 is 19.6. The highest BCUT2D eigenvalue weighted by Gasteiger charge is 2.56. The Morgan fingerprint density at radius 1 is 1.08 bits per heavy atom. The highest BCUT2D eigenvalue weighted by molar-refractivity contribution is 5.84. The fourth-order valence-corrected chi connectivity index (χ4v) is 6.12. The number of benzene rings is 1. The second-order valence-corrected chi connectivity index (χ2v) is 10.4. The third-order valence-corrected chi connectivity index (χ3v) is 8.30. The van der Waals surface area contributed by atoms with E-state index in [1.54, 1.807) is 0 Å². The number of alkyl halides is 1. The Kier molecular flexibility index (Phi) is 7.97. The zero-order valence-corrected chi connectivity index (χ0v) is 20.7. The number of ether oxygens (including phenoxy) is 1. The molecule has 1 saturated heterocycles. The molecule has 4 fully saturated rings. The number of rotatable bonds is 8. The van der Waals surface area contributed by atoms with Gasteiger partial charge in [0.25, 0.3) is 0 Å². The third kappa shape index (κ3) is 5.53. The maximum Gasteiger partial charge on any atom is 0.408 e. The van der Waals surface area contributed by atoms with E-state index in [0.29, 0.717) is 45.1 Å². The number of fused-ring (bicyclic) bond motifs is 3. The van der Waals surface area contributed by atoms with Gasteiger partial charge in [0, 0.05) is 23.8 Å². The third-order valence-electron chi connectivity index (χ3n) is 8.30. The molecular formula is C27H32FN5O4. The fraction of sp³-hybridized carbons (Fsp3) is 0.593. The minimum Gasteiger partial charge on any atom is -0.441 e. The molecule has 1 heterocycles. The van der Waals surface area contributed by atoms with E-state index in [0.717, 1.165) is 10.5 Å². The van der Waals surface area contributed by atoms with E-state index in [-0.39, 0.29) is 37.3 Å². The Morgan fingerprint density at radius 2 is 1.76 bits per heavy atom. The normalized spacial score (nSPS) is 29.0. The monoisotopic (exact) mass is 509 g/mol. The van der Waals surface area contributed by atoms with Crippen molar-refractivity contribution in [2.75, 3.05) is 19.6 Å². The second kappa shape index (κ2) is 11.2. The van der Waals surface area contributed by atoms with E-state index in [1.165, 1.54) is 0 Å². The van der Waals surface area contributed by atoms with Gasteiger partial charge in [-0.2, -0.15) is 10.5 Å². The molecule has 2 bridgehead atoms. The highest BCUT2D eigenvalue weighted by Crippen LogP contribution is 2.62. The maximum absolute atomic E-state index is 13.7. The van der Waals surface area contributed by atoms with Crippen molar-refractivity contribution in [1.29, 1.82) is 10.5 Å². The van der Waals surface area contributed by atoms with Crippen molar-refractivity contribution < 1.29 is 23.5 Å². The molecule has 37 heavy (non-hydrogen) atoms. The number of likely N-dealkylation sites (tertiary alicyclic amines) is 1. The molecule has 5 rings (SSSR count). The summed E-state index contributed by atoms with van der Waals surface area (Å²) in [6.07, 6.45) is 1.84. The number of carbonyl (C=O) groups excluding carboxylic acids is 3. The minimum atomic E-state index is -1.25. The van der Waals surface area contributed by atoms with Crippen molar-refractivity contribution in [3.05, 3.63) is 35.9 Å². The number of nitriles is 2. The molecule has 3 saturated carbocycles. The molecule has 1 unspecified atom stereocenters. The molecule has 1 aliphatic heterocycles. The van der Waals surface area contributed by atoms with Crippen molar-refractivity contribution in [3.8, 4) is 12.1 Å². The number of nitrogens with zero attached hydrogens (tertiary/aromatic N) is 3. The Balaban J connectivity index is 1.41. The molecule has 3 aliphatic carbocycles. The number of alkyl carbamates (subject to hydrolysis) is 1. The van der Waals surface area contributed by atoms with Gasteiger partial charge in [-0.15, -0.1) is 0 Å². The van der Waals surface area contributed by atoms with Crippen LogP contribution in [0.15, 0.2) is 30.3 Å². The Labute approximate surface area is 215 Å². The van der Waals surface area contributed by atoms with Crippen LogP contribution < -0.4 is 10.6 Å². The molecule has 0 aromatic heterocycles. The van der Waals surface area contributed by atoms with Crippen LogP contribution in [0.5, 0.6) is 0 Å². The Morgan fingerprint density at radius 3 is 2.38 bits per heavy atom. The average molecular weight is 510 g/mol. The van der Waals surface area contributed by atoms with Crippen LogP contribution in [0.2, 0.25) is 0 Å². The van der Waals surface area contributed by atoms with Gasteiger partial charge in [0.05, 0.1) is 25.1 Å². The Bertz CT molecular complexity index is 1070. The predicted octanol–water partition coefficient (Wildman–Crippen LogP) is 3.29. The van der Waals surface area contributed by atoms with Crippen LogP contribution in [0.3, 0.4) is 0 Å². The number of carbonyl (C=O) groups is 3. The van der Waals surface area contributed by atoms with Gasteiger partial charge in [-0.25, -0.2) is 9.18 Å². The second-order valence-electron chi connectivity index (χ2n) is 10.4. The summed E-state index contributed by atoms with van der Waals surface area (Å²) in [6, 6.07) is 12.6. The quantitative estimate of drug-likeness (QED) is 0.516. The van der Waals surface area contributed by atoms with Gasteiger partial charge in [0.1, 0.15) is 24.9 Å². The summed E-state index contributed by atoms with van der Waals surface area (Å²) in [6.45, 7) is -0.199. The first-order valence-corrected chi connectivity index (χ1v) is 12.8. The lowest BCUT2D eigenvalue weighted by atomic mass is 9.51. The van der Waals surface area contributed by atoms with Crippen LogP contribution in [0, 0.1) is 33.5 Å². The van der Waals surface area contributed by atoms with Gasteiger partial charge in [-0.05, 0) is 44.1 Å². The summed E-state index contributed by atoms with van der Waals surface area (Å²) in [7, 11) is 0. The Hall–Kier alpha value is -3.66. The van der Waals surface area contributed by atoms with E-state index >= 15 is 0 Å². The molecule has 1 aromatic carbocycles. The number of hydrogen-bond donors (Lipinski definition) is 2. The molecule has 1 aromatic rings. The lowest BCUT2D eigenvalue weighted by Crippen LogP contribution is -2.52. The summed E-state index contributed by atoms with van der Waals surface area (Å²) >= 11 is 0. The van der Waals surface area contributed by atoms with Gasteiger partial charge in [0.15, 0.2) is 0 Å². The maximum atomic E-state index is 13.7. The standard InChI is InChI=1S/C27H32FN5O4/c28-20-15-21(16-30)33(18-20)22(34)17-32-25(36)37-23(19-5-2-1-3-6-19)26-7-10-27(11-8-26,12-9-26)24(35)31-14-4-13-29/h1-3,5-6,20-21,23H,4,7-12,14-15,17-18H2,(H,31,35)(H,32,36)/t20-,21-,23?,26?,27?/m0/s1. The van der Waals surface area contributed by atoms with Crippen LogP contribution in [-0.2, 0) is 14.3 Å². The van der Waals surface area contributed by atoms with Crippen LogP contribution in [0.4, 0.5) is 9.18 Å². The summed E-state index contributed by atoms with van der Waals surface area (Å²) in [5.74, 6) is -0.529. The molecule has 4 aliphatic rings. The zero-order valence-electron chi connectivity index (χ0n) is 20.7. The van der Waals surface area contributed by atoms with Gasteiger partial charge in [-0.1, -0.05) is 30.3 Å². The first kappa shape index (κ1) is 26.4. The van der Waals surface area contributed by atoms with Crippen molar-refractivity contribution in [2.45, 2.75) is 69.7 Å². The molecular weight excluding hydrogens is 477 g/mol. The molecule has 3 atom stereocenters. The van der Waals surface area contributed by atoms with Crippen LogP contribution >= 0.6 is 0 Å². The van der Waals surface area contributed by atoms with Gasteiger partial charge < -0.3 is 20.3 Å². The van der Waals surface area contributed by atoms with Crippen molar-refractivity contribution >= 4 is 17.9 Å². The summed E-state index contributed by atoms with van der Waals surface area (Å²) in [5.41, 5.74) is 0.0647. The zero-order chi connectivity index (χ0) is 26.5.